The van der Waals surface area contributed by atoms with E-state index in [9.17, 15) is 9.59 Å². The Bertz CT molecular complexity index is 729. The second kappa shape index (κ2) is 9.96. The zero-order valence-corrected chi connectivity index (χ0v) is 17.6. The van der Waals surface area contributed by atoms with Gasteiger partial charge in [0.15, 0.2) is 0 Å². The van der Waals surface area contributed by atoms with E-state index >= 15 is 0 Å². The predicted molar refractivity (Wildman–Crippen MR) is 110 cm³/mol. The van der Waals surface area contributed by atoms with Crippen LogP contribution in [-0.2, 0) is 9.53 Å². The first-order chi connectivity index (χ1) is 14.0. The van der Waals surface area contributed by atoms with Crippen molar-refractivity contribution in [3.05, 3.63) is 35.9 Å². The van der Waals surface area contributed by atoms with Crippen LogP contribution in [0.5, 0.6) is 0 Å². The highest BCUT2D eigenvalue weighted by atomic mass is 16.5. The molecule has 1 fully saturated rings. The lowest BCUT2D eigenvalue weighted by molar-refractivity contribution is -0.136. The van der Waals surface area contributed by atoms with Gasteiger partial charge < -0.3 is 15.0 Å². The van der Waals surface area contributed by atoms with Crippen LogP contribution in [0.1, 0.15) is 44.1 Å². The molecule has 2 heterocycles. The predicted octanol–water partition coefficient (Wildman–Crippen LogP) is 2.31. The Labute approximate surface area is 172 Å². The molecule has 0 spiro atoms. The molecule has 0 radical (unpaired) electrons. The van der Waals surface area contributed by atoms with Crippen LogP contribution < -0.4 is 5.32 Å². The Morgan fingerprint density at radius 1 is 1.28 bits per heavy atom. The van der Waals surface area contributed by atoms with Gasteiger partial charge in [0.2, 0.25) is 5.91 Å². The van der Waals surface area contributed by atoms with E-state index in [2.05, 4.69) is 42.1 Å². The van der Waals surface area contributed by atoms with Crippen molar-refractivity contribution in [3.8, 4) is 0 Å². The highest BCUT2D eigenvalue weighted by Gasteiger charge is 2.33. The summed E-state index contributed by atoms with van der Waals surface area (Å²) >= 11 is 0. The molecule has 0 saturated carbocycles. The van der Waals surface area contributed by atoms with E-state index in [0.717, 1.165) is 6.42 Å². The van der Waals surface area contributed by atoms with E-state index in [1.165, 1.54) is 18.0 Å². The van der Waals surface area contributed by atoms with Crippen LogP contribution in [0.4, 0.5) is 0 Å². The fraction of sp³-hybridized carbons (Fsp3) is 0.636. The third kappa shape index (κ3) is 5.63. The number of amides is 2. The first-order valence-electron chi connectivity index (χ1n) is 10.5. The molecular formula is C22H32N4O3. The van der Waals surface area contributed by atoms with Crippen LogP contribution in [0.2, 0.25) is 0 Å². The molecule has 2 aliphatic rings. The zero-order chi connectivity index (χ0) is 20.8. The molecule has 0 bridgehead atoms. The van der Waals surface area contributed by atoms with Crippen LogP contribution in [0, 0.1) is 23.7 Å². The molecule has 2 amide bonds. The number of aromatic nitrogens is 2. The van der Waals surface area contributed by atoms with Crippen molar-refractivity contribution in [2.75, 3.05) is 32.8 Å². The lowest BCUT2D eigenvalue weighted by atomic mass is 9.69. The normalized spacial score (nSPS) is 24.9. The van der Waals surface area contributed by atoms with Crippen LogP contribution >= 0.6 is 0 Å². The number of morpholine rings is 1. The third-order valence-electron chi connectivity index (χ3n) is 6.16. The number of nitrogens with one attached hydrogen (secondary N) is 1. The molecule has 3 atom stereocenters. The van der Waals surface area contributed by atoms with Crippen molar-refractivity contribution in [2.24, 2.45) is 23.7 Å². The van der Waals surface area contributed by atoms with Crippen molar-refractivity contribution < 1.29 is 14.3 Å². The molecule has 158 valence electrons. The number of rotatable bonds is 6. The molecule has 29 heavy (non-hydrogen) atoms. The van der Waals surface area contributed by atoms with Gasteiger partial charge in [-0.3, -0.25) is 14.6 Å². The summed E-state index contributed by atoms with van der Waals surface area (Å²) < 4.78 is 5.35. The second-order valence-electron chi connectivity index (χ2n) is 8.41. The molecule has 1 aromatic heterocycles. The van der Waals surface area contributed by atoms with Crippen molar-refractivity contribution >= 4 is 11.8 Å². The summed E-state index contributed by atoms with van der Waals surface area (Å²) in [4.78, 5) is 35.0. The molecule has 7 nitrogen and oxygen atoms in total. The Morgan fingerprint density at radius 2 is 2.03 bits per heavy atom. The number of hydrogen-bond donors (Lipinski definition) is 1. The summed E-state index contributed by atoms with van der Waals surface area (Å²) in [5.41, 5.74) is 1.58. The maximum Gasteiger partial charge on any atom is 0.271 e. The number of hydrogen-bond acceptors (Lipinski definition) is 5. The topological polar surface area (TPSA) is 84.4 Å². The van der Waals surface area contributed by atoms with Crippen LogP contribution in [0.15, 0.2) is 30.2 Å². The standard InChI is InChI=1S/C22H32N4O3/c1-15(2)19-11-17(12-21(27)26-6-8-29-9-7-26)16(3)10-18(19)13-25-22(28)20-14-23-4-5-24-20/h4-5,10,14-15,17-19H,6-9,11-13H2,1-3H3,(H,25,28). The summed E-state index contributed by atoms with van der Waals surface area (Å²) in [7, 11) is 0. The number of carbonyl (C=O) groups excluding carboxylic acids is 2. The summed E-state index contributed by atoms with van der Waals surface area (Å²) in [6, 6.07) is 0. The van der Waals surface area contributed by atoms with Crippen LogP contribution in [0.3, 0.4) is 0 Å². The lowest BCUT2D eigenvalue weighted by Gasteiger charge is -2.38. The fourth-order valence-corrected chi connectivity index (χ4v) is 4.38. The van der Waals surface area contributed by atoms with Gasteiger partial charge in [-0.05, 0) is 37.0 Å². The summed E-state index contributed by atoms with van der Waals surface area (Å²) in [5, 5.41) is 3.01. The molecule has 3 rings (SSSR count). The van der Waals surface area contributed by atoms with Crippen LogP contribution in [0.25, 0.3) is 0 Å². The molecule has 1 aliphatic heterocycles. The Hall–Kier alpha value is -2.28. The highest BCUT2D eigenvalue weighted by Crippen LogP contribution is 2.39. The molecule has 0 aromatic carbocycles. The molecule has 3 unspecified atom stereocenters. The van der Waals surface area contributed by atoms with E-state index in [4.69, 9.17) is 4.74 Å². The van der Waals surface area contributed by atoms with Gasteiger partial charge >= 0.3 is 0 Å². The first-order valence-corrected chi connectivity index (χ1v) is 10.5. The van der Waals surface area contributed by atoms with E-state index in [0.29, 0.717) is 56.8 Å². The fourth-order valence-electron chi connectivity index (χ4n) is 4.38. The van der Waals surface area contributed by atoms with E-state index in [1.807, 2.05) is 4.90 Å². The van der Waals surface area contributed by atoms with E-state index in [-0.39, 0.29) is 23.7 Å². The minimum Gasteiger partial charge on any atom is -0.378 e. The maximum atomic E-state index is 12.7. The van der Waals surface area contributed by atoms with Crippen molar-refractivity contribution in [1.82, 2.24) is 20.2 Å². The SMILES string of the molecule is CC1=CC(CNC(=O)c2cnccn2)C(C(C)C)CC1CC(=O)N1CCOCC1. The number of allylic oxidation sites excluding steroid dienone is 1. The largest absolute Gasteiger partial charge is 0.378 e. The zero-order valence-electron chi connectivity index (χ0n) is 17.6. The molecule has 1 N–H and O–H groups in total. The number of ether oxygens (including phenoxy) is 1. The maximum absolute atomic E-state index is 12.7. The average Bonchev–Trinajstić information content (AvgIpc) is 2.74. The van der Waals surface area contributed by atoms with Gasteiger partial charge in [0.05, 0.1) is 19.4 Å². The molecular weight excluding hydrogens is 368 g/mol. The molecule has 1 saturated heterocycles. The first kappa shape index (κ1) is 21.4. The van der Waals surface area contributed by atoms with Crippen molar-refractivity contribution in [2.45, 2.75) is 33.6 Å². The van der Waals surface area contributed by atoms with Gasteiger partial charge in [0.1, 0.15) is 5.69 Å². The third-order valence-corrected chi connectivity index (χ3v) is 6.16. The van der Waals surface area contributed by atoms with E-state index < -0.39 is 0 Å². The van der Waals surface area contributed by atoms with Gasteiger partial charge in [-0.15, -0.1) is 0 Å². The number of carbonyl (C=O) groups is 2. The Kier molecular flexibility index (Phi) is 7.36. The highest BCUT2D eigenvalue weighted by molar-refractivity contribution is 5.91. The summed E-state index contributed by atoms with van der Waals surface area (Å²) in [6.45, 7) is 9.78. The van der Waals surface area contributed by atoms with Gasteiger partial charge in [0, 0.05) is 38.4 Å². The lowest BCUT2D eigenvalue weighted by Crippen LogP contribution is -2.42. The van der Waals surface area contributed by atoms with Gasteiger partial charge in [0.25, 0.3) is 5.91 Å². The Morgan fingerprint density at radius 3 is 2.69 bits per heavy atom. The average molecular weight is 401 g/mol. The Balaban J connectivity index is 1.62. The van der Waals surface area contributed by atoms with Gasteiger partial charge in [-0.2, -0.15) is 0 Å². The van der Waals surface area contributed by atoms with Crippen LogP contribution in [-0.4, -0.2) is 59.5 Å². The minimum absolute atomic E-state index is 0.198. The van der Waals surface area contributed by atoms with Gasteiger partial charge in [-0.1, -0.05) is 25.5 Å². The monoisotopic (exact) mass is 400 g/mol. The minimum atomic E-state index is -0.198. The van der Waals surface area contributed by atoms with Crippen molar-refractivity contribution in [3.63, 3.8) is 0 Å². The van der Waals surface area contributed by atoms with E-state index in [1.54, 1.807) is 6.20 Å². The second-order valence-corrected chi connectivity index (χ2v) is 8.41. The summed E-state index contributed by atoms with van der Waals surface area (Å²) in [6.07, 6.45) is 8.35. The number of nitrogens with zero attached hydrogens (tertiary/aromatic N) is 3. The smallest absolute Gasteiger partial charge is 0.271 e. The summed E-state index contributed by atoms with van der Waals surface area (Å²) in [5.74, 6) is 1.44. The quantitative estimate of drug-likeness (QED) is 0.741. The molecule has 1 aliphatic carbocycles. The molecule has 1 aromatic rings. The van der Waals surface area contributed by atoms with Crippen molar-refractivity contribution in [1.29, 1.82) is 0 Å². The van der Waals surface area contributed by atoms with Gasteiger partial charge in [-0.25, -0.2) is 4.98 Å². The molecule has 7 heteroatoms.